The summed E-state index contributed by atoms with van der Waals surface area (Å²) in [5.74, 6) is 1.64. The van der Waals surface area contributed by atoms with Crippen LogP contribution in [-0.4, -0.2) is 19.1 Å². The maximum atomic E-state index is 12.8. The van der Waals surface area contributed by atoms with Crippen LogP contribution in [-0.2, 0) is 4.79 Å². The molecule has 22 heavy (non-hydrogen) atoms. The smallest absolute Gasteiger partial charge is 0.236 e. The Labute approximate surface area is 130 Å². The van der Waals surface area contributed by atoms with E-state index in [-0.39, 0.29) is 5.91 Å². The van der Waals surface area contributed by atoms with Crippen LogP contribution in [0.3, 0.4) is 0 Å². The molecule has 0 unspecified atom stereocenters. The maximum absolute atomic E-state index is 12.8. The maximum Gasteiger partial charge on any atom is 0.236 e. The molecule has 0 bridgehead atoms. The monoisotopic (exact) mass is 299 g/mol. The van der Waals surface area contributed by atoms with E-state index < -0.39 is 5.41 Å². The number of furan rings is 1. The number of hydrogen-bond donors (Lipinski definition) is 0. The van der Waals surface area contributed by atoms with Gasteiger partial charge in [-0.1, -0.05) is 6.92 Å². The highest BCUT2D eigenvalue weighted by atomic mass is 16.5. The van der Waals surface area contributed by atoms with Gasteiger partial charge in [0.1, 0.15) is 18.1 Å². The Hall–Kier alpha value is -2.23. The molecule has 116 valence electrons. The number of carbonyl (C=O) groups excluding carboxylic acids is 1. The molecule has 2 heterocycles. The van der Waals surface area contributed by atoms with Crippen LogP contribution in [0.4, 0.5) is 5.69 Å². The van der Waals surface area contributed by atoms with E-state index in [0.29, 0.717) is 13.2 Å². The molecule has 0 fully saturated rings. The van der Waals surface area contributed by atoms with Crippen molar-refractivity contribution in [3.8, 4) is 17.1 Å². The molecule has 4 nitrogen and oxygen atoms in total. The van der Waals surface area contributed by atoms with Gasteiger partial charge in [-0.2, -0.15) is 0 Å². The molecule has 1 aromatic heterocycles. The van der Waals surface area contributed by atoms with Gasteiger partial charge in [0, 0.05) is 12.1 Å². The third kappa shape index (κ3) is 2.49. The number of hydrogen-bond acceptors (Lipinski definition) is 3. The Kier molecular flexibility index (Phi) is 3.69. The summed E-state index contributed by atoms with van der Waals surface area (Å²) in [5, 5.41) is 0. The van der Waals surface area contributed by atoms with Crippen molar-refractivity contribution in [2.75, 3.05) is 18.1 Å². The molecule has 0 aliphatic carbocycles. The van der Waals surface area contributed by atoms with Crippen molar-refractivity contribution in [2.45, 2.75) is 27.2 Å². The minimum absolute atomic E-state index is 0.110. The summed E-state index contributed by atoms with van der Waals surface area (Å²) in [7, 11) is 0. The van der Waals surface area contributed by atoms with Crippen LogP contribution in [0, 0.1) is 5.41 Å². The quantitative estimate of drug-likeness (QED) is 0.856. The zero-order valence-electron chi connectivity index (χ0n) is 13.3. The van der Waals surface area contributed by atoms with E-state index in [2.05, 4.69) is 6.92 Å². The highest BCUT2D eigenvalue weighted by Gasteiger charge is 2.37. The fraction of sp³-hybridized carbons (Fsp3) is 0.389. The van der Waals surface area contributed by atoms with Gasteiger partial charge in [0.05, 0.1) is 17.4 Å². The number of nitrogens with zero attached hydrogens (tertiary/aromatic N) is 1. The van der Waals surface area contributed by atoms with Crippen molar-refractivity contribution in [3.05, 3.63) is 36.6 Å². The van der Waals surface area contributed by atoms with Crippen molar-refractivity contribution >= 4 is 11.6 Å². The minimum Gasteiger partial charge on any atom is -0.490 e. The van der Waals surface area contributed by atoms with Gasteiger partial charge in [0.25, 0.3) is 0 Å². The zero-order chi connectivity index (χ0) is 15.7. The van der Waals surface area contributed by atoms with Gasteiger partial charge in [-0.3, -0.25) is 4.79 Å². The first-order chi connectivity index (χ1) is 10.5. The minimum atomic E-state index is -0.529. The van der Waals surface area contributed by atoms with Gasteiger partial charge in [-0.05, 0) is 50.6 Å². The van der Waals surface area contributed by atoms with E-state index in [1.54, 1.807) is 6.26 Å². The van der Waals surface area contributed by atoms with E-state index in [9.17, 15) is 4.79 Å². The number of amides is 1. The summed E-state index contributed by atoms with van der Waals surface area (Å²) in [6, 6.07) is 9.64. The molecule has 1 aliphatic heterocycles. The molecule has 0 radical (unpaired) electrons. The number of rotatable bonds is 3. The fourth-order valence-electron chi connectivity index (χ4n) is 2.69. The van der Waals surface area contributed by atoms with E-state index in [0.717, 1.165) is 29.2 Å². The second-order valence-electron chi connectivity index (χ2n) is 6.29. The fourth-order valence-corrected chi connectivity index (χ4v) is 2.69. The van der Waals surface area contributed by atoms with Crippen LogP contribution in [0.1, 0.15) is 27.2 Å². The van der Waals surface area contributed by atoms with Crippen LogP contribution in [0.5, 0.6) is 5.75 Å². The van der Waals surface area contributed by atoms with Crippen molar-refractivity contribution in [2.24, 2.45) is 5.41 Å². The number of ether oxygens (including phenoxy) is 1. The number of anilines is 1. The first-order valence-electron chi connectivity index (χ1n) is 7.65. The molecule has 2 aromatic rings. The summed E-state index contributed by atoms with van der Waals surface area (Å²) in [5.41, 5.74) is 1.26. The molecular weight excluding hydrogens is 278 g/mol. The molecular formula is C18H21NO3. The summed E-state index contributed by atoms with van der Waals surface area (Å²) >= 11 is 0. The van der Waals surface area contributed by atoms with Gasteiger partial charge >= 0.3 is 0 Å². The van der Waals surface area contributed by atoms with Gasteiger partial charge in [-0.15, -0.1) is 0 Å². The van der Waals surface area contributed by atoms with E-state index >= 15 is 0 Å². The van der Waals surface area contributed by atoms with E-state index in [1.165, 1.54) is 0 Å². The third-order valence-electron chi connectivity index (χ3n) is 3.92. The summed E-state index contributed by atoms with van der Waals surface area (Å²) in [4.78, 5) is 14.6. The standard InChI is InChI=1S/C18H21NO3/c1-4-9-19-14-8-7-13(15-6-5-10-21-15)11-16(14)22-12-18(2,3)17(19)20/h5-8,10-11H,4,9,12H2,1-3H3. The summed E-state index contributed by atoms with van der Waals surface area (Å²) in [6.07, 6.45) is 2.55. The molecule has 4 heteroatoms. The Bertz CT molecular complexity index is 674. The molecule has 1 amide bonds. The average molecular weight is 299 g/mol. The zero-order valence-corrected chi connectivity index (χ0v) is 13.3. The third-order valence-corrected chi connectivity index (χ3v) is 3.92. The first kappa shape index (κ1) is 14.7. The number of fused-ring (bicyclic) bond motifs is 1. The Balaban J connectivity index is 2.06. The number of benzene rings is 1. The van der Waals surface area contributed by atoms with Crippen LogP contribution >= 0.6 is 0 Å². The average Bonchev–Trinajstić information content (AvgIpc) is 3.01. The van der Waals surface area contributed by atoms with Crippen LogP contribution in [0.2, 0.25) is 0 Å². The number of carbonyl (C=O) groups is 1. The van der Waals surface area contributed by atoms with Crippen molar-refractivity contribution < 1.29 is 13.9 Å². The Morgan fingerprint density at radius 3 is 2.77 bits per heavy atom. The van der Waals surface area contributed by atoms with E-state index in [1.807, 2.05) is 49.1 Å². The highest BCUT2D eigenvalue weighted by molar-refractivity contribution is 5.99. The molecule has 0 spiro atoms. The topological polar surface area (TPSA) is 42.7 Å². The second kappa shape index (κ2) is 5.52. The predicted octanol–water partition coefficient (Wildman–Crippen LogP) is 4.11. The highest BCUT2D eigenvalue weighted by Crippen LogP contribution is 2.39. The normalized spacial score (nSPS) is 16.9. The first-order valence-corrected chi connectivity index (χ1v) is 7.65. The molecule has 0 saturated carbocycles. The van der Waals surface area contributed by atoms with Gasteiger partial charge < -0.3 is 14.1 Å². The molecule has 0 saturated heterocycles. The van der Waals surface area contributed by atoms with Crippen molar-refractivity contribution in [1.82, 2.24) is 0 Å². The molecule has 1 aliphatic rings. The Morgan fingerprint density at radius 1 is 1.27 bits per heavy atom. The lowest BCUT2D eigenvalue weighted by molar-refractivity contribution is -0.127. The second-order valence-corrected chi connectivity index (χ2v) is 6.29. The van der Waals surface area contributed by atoms with Gasteiger partial charge in [-0.25, -0.2) is 0 Å². The summed E-state index contributed by atoms with van der Waals surface area (Å²) < 4.78 is 11.4. The van der Waals surface area contributed by atoms with Crippen molar-refractivity contribution in [1.29, 1.82) is 0 Å². The lowest BCUT2D eigenvalue weighted by Crippen LogP contribution is -2.42. The largest absolute Gasteiger partial charge is 0.490 e. The van der Waals surface area contributed by atoms with E-state index in [4.69, 9.17) is 9.15 Å². The van der Waals surface area contributed by atoms with Crippen LogP contribution in [0.15, 0.2) is 41.0 Å². The van der Waals surface area contributed by atoms with Crippen LogP contribution in [0.25, 0.3) is 11.3 Å². The molecule has 0 N–H and O–H groups in total. The lowest BCUT2D eigenvalue weighted by atomic mass is 9.93. The van der Waals surface area contributed by atoms with Gasteiger partial charge in [0.2, 0.25) is 5.91 Å². The predicted molar refractivity (Wildman–Crippen MR) is 86.1 cm³/mol. The SMILES string of the molecule is CCCN1C(=O)C(C)(C)COc2cc(-c3ccco3)ccc21. The lowest BCUT2D eigenvalue weighted by Gasteiger charge is -2.27. The van der Waals surface area contributed by atoms with Crippen molar-refractivity contribution in [3.63, 3.8) is 0 Å². The summed E-state index contributed by atoms with van der Waals surface area (Å²) in [6.45, 7) is 7.00. The molecule has 3 rings (SSSR count). The van der Waals surface area contributed by atoms with Crippen LogP contribution < -0.4 is 9.64 Å². The molecule has 1 aromatic carbocycles. The Morgan fingerprint density at radius 2 is 2.09 bits per heavy atom. The molecule has 0 atom stereocenters. The van der Waals surface area contributed by atoms with Gasteiger partial charge in [0.15, 0.2) is 0 Å².